The zero-order valence-corrected chi connectivity index (χ0v) is 25.6. The minimum Gasteiger partial charge on any atom is -0.311 e. The molecule has 14 nitrogen and oxygen atoms in total. The second-order valence-electron chi connectivity index (χ2n) is 10.3. The van der Waals surface area contributed by atoms with E-state index in [-0.39, 0.29) is 48.3 Å². The van der Waals surface area contributed by atoms with Crippen LogP contribution in [0, 0.1) is 0 Å². The molecule has 4 N–H and O–H groups in total. The third-order valence-electron chi connectivity index (χ3n) is 6.65. The predicted octanol–water partition coefficient (Wildman–Crippen LogP) is 3.90. The molecule has 44 heavy (non-hydrogen) atoms. The largest absolute Gasteiger partial charge is 0.311 e. The molecule has 0 spiro atoms. The molecule has 5 rings (SSSR count). The highest BCUT2D eigenvalue weighted by atomic mass is 32.1. The summed E-state index contributed by atoms with van der Waals surface area (Å²) < 4.78 is 0. The number of rotatable bonds is 10. The average Bonchev–Trinajstić information content (AvgIpc) is 3.63. The summed E-state index contributed by atoms with van der Waals surface area (Å²) in [5.74, 6) is 0.0819. The monoisotopic (exact) mass is 634 g/mol. The Morgan fingerprint density at radius 3 is 1.57 bits per heavy atom. The van der Waals surface area contributed by atoms with E-state index >= 15 is 0 Å². The number of aromatic nitrogens is 6. The number of hydrogen-bond acceptors (Lipinski definition) is 12. The zero-order valence-electron chi connectivity index (χ0n) is 24.0. The van der Waals surface area contributed by atoms with Crippen LogP contribution in [0.1, 0.15) is 72.8 Å². The maximum Gasteiger partial charge on any atom is 0.232 e. The van der Waals surface area contributed by atoms with Gasteiger partial charge in [-0.3, -0.25) is 19.2 Å². The van der Waals surface area contributed by atoms with Crippen molar-refractivity contribution in [3.8, 4) is 0 Å². The summed E-state index contributed by atoms with van der Waals surface area (Å²) in [6, 6.07) is 10.2. The molecule has 4 heterocycles. The predicted molar refractivity (Wildman–Crippen MR) is 166 cm³/mol. The molecule has 1 aliphatic rings. The molecule has 1 saturated carbocycles. The van der Waals surface area contributed by atoms with Gasteiger partial charge in [0.25, 0.3) is 0 Å². The van der Waals surface area contributed by atoms with Gasteiger partial charge in [0.2, 0.25) is 33.9 Å². The third kappa shape index (κ3) is 8.67. The van der Waals surface area contributed by atoms with E-state index in [0.29, 0.717) is 33.3 Å². The van der Waals surface area contributed by atoms with Gasteiger partial charge >= 0.3 is 0 Å². The number of nitrogens with zero attached hydrogens (tertiary/aromatic N) is 6. The Bertz CT molecular complexity index is 1550. The molecule has 2 atom stereocenters. The van der Waals surface area contributed by atoms with Crippen molar-refractivity contribution in [3.05, 3.63) is 57.8 Å². The first-order valence-corrected chi connectivity index (χ1v) is 15.6. The van der Waals surface area contributed by atoms with Crippen LogP contribution in [0.25, 0.3) is 0 Å². The van der Waals surface area contributed by atoms with Gasteiger partial charge in [-0.05, 0) is 43.5 Å². The van der Waals surface area contributed by atoms with Crippen molar-refractivity contribution in [2.24, 2.45) is 0 Å². The number of hydrogen-bond donors (Lipinski definition) is 4. The minimum absolute atomic E-state index is 0.0315. The van der Waals surface area contributed by atoms with Gasteiger partial charge in [-0.15, -0.1) is 20.4 Å². The van der Waals surface area contributed by atoms with Crippen molar-refractivity contribution in [2.75, 3.05) is 21.3 Å². The van der Waals surface area contributed by atoms with E-state index in [2.05, 4.69) is 51.6 Å². The van der Waals surface area contributed by atoms with Gasteiger partial charge in [-0.2, -0.15) is 0 Å². The Balaban J connectivity index is 1.13. The molecule has 0 radical (unpaired) electrons. The molecule has 0 aromatic carbocycles. The molecular weight excluding hydrogens is 605 g/mol. The molecule has 4 aromatic rings. The van der Waals surface area contributed by atoms with Gasteiger partial charge in [-0.1, -0.05) is 41.2 Å². The molecule has 228 valence electrons. The molecule has 4 aromatic heterocycles. The lowest BCUT2D eigenvalue weighted by Gasteiger charge is -2.25. The Labute approximate surface area is 260 Å². The molecule has 16 heteroatoms. The summed E-state index contributed by atoms with van der Waals surface area (Å²) >= 11 is 2.71. The Morgan fingerprint density at radius 2 is 1.14 bits per heavy atom. The second-order valence-corrected chi connectivity index (χ2v) is 12.3. The van der Waals surface area contributed by atoms with E-state index in [0.717, 1.165) is 35.7 Å². The van der Waals surface area contributed by atoms with Crippen LogP contribution < -0.4 is 21.3 Å². The summed E-state index contributed by atoms with van der Waals surface area (Å²) in [7, 11) is 0. The summed E-state index contributed by atoms with van der Waals surface area (Å²) in [5.41, 5.74) is 1.04. The first-order valence-electron chi connectivity index (χ1n) is 13.9. The number of carbonyl (C=O) groups excluding carboxylic acids is 4. The number of pyridine rings is 2. The van der Waals surface area contributed by atoms with E-state index in [1.165, 1.54) is 36.5 Å². The van der Waals surface area contributed by atoms with Crippen LogP contribution in [0.5, 0.6) is 0 Å². The Morgan fingerprint density at radius 1 is 0.682 bits per heavy atom. The molecule has 0 saturated heterocycles. The van der Waals surface area contributed by atoms with Gasteiger partial charge < -0.3 is 21.3 Å². The Kier molecular flexibility index (Phi) is 9.91. The summed E-state index contributed by atoms with van der Waals surface area (Å²) in [6.07, 6.45) is 3.75. The highest BCUT2D eigenvalue weighted by molar-refractivity contribution is 7.15. The Hall–Kier alpha value is -4.70. The lowest BCUT2D eigenvalue weighted by Crippen LogP contribution is -2.16. The van der Waals surface area contributed by atoms with E-state index < -0.39 is 0 Å². The van der Waals surface area contributed by atoms with Crippen molar-refractivity contribution in [1.82, 2.24) is 30.4 Å². The second kappa shape index (κ2) is 14.2. The van der Waals surface area contributed by atoms with Crippen LogP contribution in [-0.4, -0.2) is 54.0 Å². The molecule has 0 unspecified atom stereocenters. The fraction of sp³-hybridized carbons (Fsp3) is 0.357. The number of nitrogens with one attached hydrogen (secondary N) is 4. The summed E-state index contributed by atoms with van der Waals surface area (Å²) in [6.45, 7) is 2.79. The van der Waals surface area contributed by atoms with Crippen LogP contribution in [0.2, 0.25) is 0 Å². The number of carbonyl (C=O) groups is 4. The standard InChI is InChI=1S/C28H30N10O4S2/c1-15(39)29-21-10-4-8-19(31-21)13-23(41)33-27-37-35-25(43-27)17-6-3-7-18(12-17)26-36-38-28(44-26)34-24(42)14-20-9-5-11-22(32-20)30-16(2)40/h4-5,8-11,17-18H,3,6-7,12-14H2,1-2H3,(H,29,31,39)(H,30,32,40)(H,33,37,41)(H,34,38,42)/t17-,18-/m1/s1. The zero-order chi connectivity index (χ0) is 31.1. The van der Waals surface area contributed by atoms with Crippen LogP contribution in [0.4, 0.5) is 21.9 Å². The highest BCUT2D eigenvalue weighted by Gasteiger charge is 2.29. The van der Waals surface area contributed by atoms with E-state index in [4.69, 9.17) is 0 Å². The molecule has 0 bridgehead atoms. The van der Waals surface area contributed by atoms with Gasteiger partial charge in [0.1, 0.15) is 21.7 Å². The van der Waals surface area contributed by atoms with E-state index in [1.54, 1.807) is 36.4 Å². The summed E-state index contributed by atoms with van der Waals surface area (Å²) in [4.78, 5) is 56.3. The highest BCUT2D eigenvalue weighted by Crippen LogP contribution is 2.43. The van der Waals surface area contributed by atoms with Crippen molar-refractivity contribution in [3.63, 3.8) is 0 Å². The fourth-order valence-corrected chi connectivity index (χ4v) is 6.66. The van der Waals surface area contributed by atoms with Crippen molar-refractivity contribution in [1.29, 1.82) is 0 Å². The lowest BCUT2D eigenvalue weighted by molar-refractivity contribution is -0.116. The van der Waals surface area contributed by atoms with Crippen LogP contribution >= 0.6 is 22.7 Å². The molecule has 1 fully saturated rings. The number of amides is 4. The normalized spacial score (nSPS) is 16.1. The van der Waals surface area contributed by atoms with Gasteiger partial charge in [-0.25, -0.2) is 9.97 Å². The quantitative estimate of drug-likeness (QED) is 0.199. The van der Waals surface area contributed by atoms with Crippen LogP contribution in [-0.2, 0) is 32.0 Å². The minimum atomic E-state index is -0.277. The molecule has 1 aliphatic carbocycles. The van der Waals surface area contributed by atoms with Gasteiger partial charge in [0.15, 0.2) is 0 Å². The maximum atomic E-state index is 12.6. The molecule has 4 amide bonds. The van der Waals surface area contributed by atoms with Gasteiger partial charge in [0.05, 0.1) is 24.2 Å². The van der Waals surface area contributed by atoms with E-state index in [9.17, 15) is 19.2 Å². The fourth-order valence-electron chi connectivity index (χ4n) is 4.85. The maximum absolute atomic E-state index is 12.6. The lowest BCUT2D eigenvalue weighted by atomic mass is 9.82. The SMILES string of the molecule is CC(=O)Nc1cccc(CC(=O)Nc2nnc([C@@H]3CCC[C@@H](c4nnc(NC(=O)Cc5cccc(NC(C)=O)n5)s4)C3)s2)n1. The average molecular weight is 635 g/mol. The first-order chi connectivity index (χ1) is 21.2. The van der Waals surface area contributed by atoms with Crippen LogP contribution in [0.3, 0.4) is 0 Å². The van der Waals surface area contributed by atoms with Gasteiger partial charge in [0, 0.05) is 25.7 Å². The van der Waals surface area contributed by atoms with E-state index in [1.807, 2.05) is 0 Å². The molecule has 0 aliphatic heterocycles. The third-order valence-corrected chi connectivity index (χ3v) is 8.65. The smallest absolute Gasteiger partial charge is 0.232 e. The topological polar surface area (TPSA) is 194 Å². The first kappa shape index (κ1) is 30.7. The number of anilines is 4. The summed E-state index contributed by atoms with van der Waals surface area (Å²) in [5, 5.41) is 30.4. The van der Waals surface area contributed by atoms with Crippen LogP contribution in [0.15, 0.2) is 36.4 Å². The van der Waals surface area contributed by atoms with Crippen molar-refractivity contribution in [2.45, 2.75) is 64.2 Å². The molecular formula is C28H30N10O4S2. The van der Waals surface area contributed by atoms with Crippen molar-refractivity contribution < 1.29 is 19.2 Å². The van der Waals surface area contributed by atoms with Crippen molar-refractivity contribution >= 4 is 68.2 Å².